The van der Waals surface area contributed by atoms with Gasteiger partial charge in [-0.25, -0.2) is 0 Å². The van der Waals surface area contributed by atoms with Gasteiger partial charge in [0.15, 0.2) is 0 Å². The maximum atomic E-state index is 6.05. The second kappa shape index (κ2) is 5.91. The molecule has 4 aromatic rings. The van der Waals surface area contributed by atoms with Crippen LogP contribution in [0, 0.1) is 0 Å². The van der Waals surface area contributed by atoms with E-state index < -0.39 is 0 Å². The van der Waals surface area contributed by atoms with E-state index >= 15 is 0 Å². The molecule has 0 heterocycles. The van der Waals surface area contributed by atoms with E-state index in [-0.39, 0.29) is 0 Å². The number of rotatable bonds is 2. The molecule has 4 aromatic carbocycles. The van der Waals surface area contributed by atoms with Crippen molar-refractivity contribution in [3.63, 3.8) is 0 Å². The van der Waals surface area contributed by atoms with Crippen molar-refractivity contribution in [2.45, 2.75) is 0 Å². The Labute approximate surface area is 141 Å². The number of halogens is 1. The molecule has 0 unspecified atom stereocenters. The lowest BCUT2D eigenvalue weighted by atomic mass is 9.91. The minimum atomic E-state index is 0.760. The Morgan fingerprint density at radius 3 is 1.52 bits per heavy atom. The third-order valence-electron chi connectivity index (χ3n) is 4.13. The lowest BCUT2D eigenvalue weighted by molar-refractivity contribution is 1.60. The maximum Gasteiger partial charge on any atom is 0.0406 e. The van der Waals surface area contributed by atoms with Crippen LogP contribution in [0.3, 0.4) is 0 Å². The van der Waals surface area contributed by atoms with Crippen molar-refractivity contribution >= 4 is 22.4 Å². The van der Waals surface area contributed by atoms with Crippen molar-refractivity contribution < 1.29 is 0 Å². The first kappa shape index (κ1) is 14.0. The highest BCUT2D eigenvalue weighted by atomic mass is 35.5. The molecular weight excluding hydrogens is 300 g/mol. The summed E-state index contributed by atoms with van der Waals surface area (Å²) in [5.74, 6) is 0. The van der Waals surface area contributed by atoms with Crippen molar-refractivity contribution in [1.29, 1.82) is 0 Å². The number of benzene rings is 4. The molecule has 1 heteroatoms. The molecule has 0 amide bonds. The Balaban J connectivity index is 2.02. The molecule has 0 aliphatic carbocycles. The van der Waals surface area contributed by atoms with E-state index in [1.807, 2.05) is 18.2 Å². The van der Waals surface area contributed by atoms with Crippen molar-refractivity contribution in [1.82, 2.24) is 0 Å². The van der Waals surface area contributed by atoms with Gasteiger partial charge >= 0.3 is 0 Å². The molecule has 23 heavy (non-hydrogen) atoms. The zero-order valence-electron chi connectivity index (χ0n) is 12.5. The monoisotopic (exact) mass is 314 g/mol. The van der Waals surface area contributed by atoms with E-state index in [1.165, 1.54) is 33.0 Å². The molecule has 0 nitrogen and oxygen atoms in total. The van der Waals surface area contributed by atoms with E-state index in [2.05, 4.69) is 72.8 Å². The summed E-state index contributed by atoms with van der Waals surface area (Å²) in [6, 6.07) is 31.6. The number of hydrogen-bond acceptors (Lipinski definition) is 0. The van der Waals surface area contributed by atoms with Crippen LogP contribution in [-0.2, 0) is 0 Å². The first-order chi connectivity index (χ1) is 11.3. The first-order valence-corrected chi connectivity index (χ1v) is 8.03. The van der Waals surface area contributed by atoms with Crippen molar-refractivity contribution in [3.8, 4) is 22.3 Å². The summed E-state index contributed by atoms with van der Waals surface area (Å²) in [6.45, 7) is 0. The number of fused-ring (bicyclic) bond motifs is 1. The SMILES string of the molecule is Clc1ccc(-c2cc3ccccc3cc2-c2ccccc2)cc1. The van der Waals surface area contributed by atoms with Gasteiger partial charge in [0.25, 0.3) is 0 Å². The predicted octanol–water partition coefficient (Wildman–Crippen LogP) is 6.83. The summed E-state index contributed by atoms with van der Waals surface area (Å²) in [6.07, 6.45) is 0. The summed E-state index contributed by atoms with van der Waals surface area (Å²) in [7, 11) is 0. The Morgan fingerprint density at radius 1 is 0.478 bits per heavy atom. The highest BCUT2D eigenvalue weighted by Gasteiger charge is 2.09. The van der Waals surface area contributed by atoms with Crippen LogP contribution in [0.1, 0.15) is 0 Å². The summed E-state index contributed by atoms with van der Waals surface area (Å²) in [4.78, 5) is 0. The second-order valence-corrected chi connectivity index (χ2v) is 6.05. The first-order valence-electron chi connectivity index (χ1n) is 7.65. The van der Waals surface area contributed by atoms with Crippen molar-refractivity contribution in [2.24, 2.45) is 0 Å². The lowest BCUT2D eigenvalue weighted by Crippen LogP contribution is -1.86. The van der Waals surface area contributed by atoms with Gasteiger partial charge in [-0.2, -0.15) is 0 Å². The van der Waals surface area contributed by atoms with Crippen molar-refractivity contribution in [2.75, 3.05) is 0 Å². The van der Waals surface area contributed by atoms with E-state index in [0.717, 1.165) is 5.02 Å². The molecule has 0 aromatic heterocycles. The van der Waals surface area contributed by atoms with Crippen LogP contribution in [0.25, 0.3) is 33.0 Å². The predicted molar refractivity (Wildman–Crippen MR) is 99.8 cm³/mol. The van der Waals surface area contributed by atoms with Crippen LogP contribution >= 0.6 is 11.6 Å². The fraction of sp³-hybridized carbons (Fsp3) is 0. The molecule has 4 rings (SSSR count). The third kappa shape index (κ3) is 2.74. The van der Waals surface area contributed by atoms with E-state index in [9.17, 15) is 0 Å². The molecule has 0 N–H and O–H groups in total. The Kier molecular flexibility index (Phi) is 3.61. The van der Waals surface area contributed by atoms with Crippen LogP contribution in [0.15, 0.2) is 91.0 Å². The third-order valence-corrected chi connectivity index (χ3v) is 4.38. The lowest BCUT2D eigenvalue weighted by Gasteiger charge is -2.13. The van der Waals surface area contributed by atoms with Gasteiger partial charge in [-0.15, -0.1) is 0 Å². The van der Waals surface area contributed by atoms with Crippen molar-refractivity contribution in [3.05, 3.63) is 96.0 Å². The van der Waals surface area contributed by atoms with E-state index in [0.29, 0.717) is 0 Å². The normalized spacial score (nSPS) is 10.8. The molecule has 0 saturated heterocycles. The van der Waals surface area contributed by atoms with Crippen LogP contribution in [0.5, 0.6) is 0 Å². The van der Waals surface area contributed by atoms with E-state index in [4.69, 9.17) is 11.6 Å². The van der Waals surface area contributed by atoms with Gasteiger partial charge in [0.2, 0.25) is 0 Å². The van der Waals surface area contributed by atoms with Gasteiger partial charge in [-0.05, 0) is 57.3 Å². The van der Waals surface area contributed by atoms with Gasteiger partial charge in [0.05, 0.1) is 0 Å². The van der Waals surface area contributed by atoms with Gasteiger partial charge in [-0.3, -0.25) is 0 Å². The van der Waals surface area contributed by atoms with Crippen LogP contribution in [0.4, 0.5) is 0 Å². The largest absolute Gasteiger partial charge is 0.0843 e. The van der Waals surface area contributed by atoms with Crippen LogP contribution in [-0.4, -0.2) is 0 Å². The van der Waals surface area contributed by atoms with Crippen LogP contribution < -0.4 is 0 Å². The minimum Gasteiger partial charge on any atom is -0.0843 e. The average molecular weight is 315 g/mol. The zero-order valence-corrected chi connectivity index (χ0v) is 13.3. The Bertz CT molecular complexity index is 954. The fourth-order valence-corrected chi connectivity index (χ4v) is 3.09. The number of hydrogen-bond donors (Lipinski definition) is 0. The maximum absolute atomic E-state index is 6.05. The van der Waals surface area contributed by atoms with Gasteiger partial charge in [0.1, 0.15) is 0 Å². The molecule has 0 fully saturated rings. The summed E-state index contributed by atoms with van der Waals surface area (Å²) < 4.78 is 0. The zero-order chi connectivity index (χ0) is 15.6. The molecule has 0 radical (unpaired) electrons. The quantitative estimate of drug-likeness (QED) is 0.380. The van der Waals surface area contributed by atoms with Crippen LogP contribution in [0.2, 0.25) is 5.02 Å². The average Bonchev–Trinajstić information content (AvgIpc) is 2.62. The minimum absolute atomic E-state index is 0.760. The molecule has 0 aliphatic heterocycles. The molecule has 0 atom stereocenters. The molecular formula is C22H15Cl. The smallest absolute Gasteiger partial charge is 0.0406 e. The molecule has 0 bridgehead atoms. The summed E-state index contributed by atoms with van der Waals surface area (Å²) >= 11 is 6.05. The Hall–Kier alpha value is -2.57. The highest BCUT2D eigenvalue weighted by molar-refractivity contribution is 6.30. The standard InChI is InChI=1S/C22H15Cl/c23-20-12-10-17(11-13-20)22-15-19-9-5-4-8-18(19)14-21(22)16-6-2-1-3-7-16/h1-15H. The molecule has 0 aliphatic rings. The molecule has 0 saturated carbocycles. The second-order valence-electron chi connectivity index (χ2n) is 5.62. The van der Waals surface area contributed by atoms with Gasteiger partial charge in [-0.1, -0.05) is 78.3 Å². The van der Waals surface area contributed by atoms with E-state index in [1.54, 1.807) is 0 Å². The summed E-state index contributed by atoms with van der Waals surface area (Å²) in [5, 5.41) is 3.26. The fourth-order valence-electron chi connectivity index (χ4n) is 2.97. The van der Waals surface area contributed by atoms with Gasteiger partial charge < -0.3 is 0 Å². The molecule has 0 spiro atoms. The Morgan fingerprint density at radius 2 is 0.957 bits per heavy atom. The van der Waals surface area contributed by atoms with Gasteiger partial charge in [0, 0.05) is 5.02 Å². The molecule has 110 valence electrons. The summed E-state index contributed by atoms with van der Waals surface area (Å²) in [5.41, 5.74) is 4.88. The topological polar surface area (TPSA) is 0 Å². The highest BCUT2D eigenvalue weighted by Crippen LogP contribution is 2.36.